The van der Waals surface area contributed by atoms with E-state index in [0.717, 1.165) is 11.1 Å². The fourth-order valence-electron chi connectivity index (χ4n) is 2.18. The maximum absolute atomic E-state index is 11.1. The van der Waals surface area contributed by atoms with E-state index in [0.29, 0.717) is 22.5 Å². The predicted octanol–water partition coefficient (Wildman–Crippen LogP) is 2.42. The molecule has 0 atom stereocenters. The van der Waals surface area contributed by atoms with E-state index in [1.54, 1.807) is 24.4 Å². The maximum Gasteiger partial charge on any atom is 0.279 e. The number of benzene rings is 1. The van der Waals surface area contributed by atoms with Gasteiger partial charge in [0.1, 0.15) is 0 Å². The molecule has 0 bridgehead atoms. The molecular formula is C13H11N5O2. The quantitative estimate of drug-likeness (QED) is 0.421. The summed E-state index contributed by atoms with van der Waals surface area (Å²) in [5, 5.41) is 18.8. The molecular weight excluding hydrogens is 258 g/mol. The molecule has 2 heterocycles. The number of hydrogen-bond acceptors (Lipinski definition) is 5. The minimum atomic E-state index is -0.446. The Morgan fingerprint density at radius 2 is 2.20 bits per heavy atom. The van der Waals surface area contributed by atoms with E-state index in [1.807, 2.05) is 6.92 Å². The van der Waals surface area contributed by atoms with Crippen LogP contribution in [0.15, 0.2) is 30.5 Å². The van der Waals surface area contributed by atoms with Crippen molar-refractivity contribution in [2.45, 2.75) is 6.92 Å². The standard InChI is InChI=1S/C13H11N5O2/c1-7-9-5-8(6-15-13(9)17-16-7)12-10(14)3-2-4-11(12)18(19)20/h2-6H,14H2,1H3,(H,15,16,17). The van der Waals surface area contributed by atoms with Gasteiger partial charge in [-0.25, -0.2) is 4.98 Å². The van der Waals surface area contributed by atoms with Crippen LogP contribution in [0.25, 0.3) is 22.2 Å². The van der Waals surface area contributed by atoms with Crippen LogP contribution in [0.1, 0.15) is 5.69 Å². The molecule has 0 radical (unpaired) electrons. The van der Waals surface area contributed by atoms with Gasteiger partial charge in [0, 0.05) is 34.6 Å². The molecule has 0 saturated carbocycles. The Labute approximate surface area is 113 Å². The van der Waals surface area contributed by atoms with E-state index < -0.39 is 4.92 Å². The van der Waals surface area contributed by atoms with Crippen molar-refractivity contribution in [3.8, 4) is 11.1 Å². The third kappa shape index (κ3) is 1.76. The molecule has 2 aromatic heterocycles. The van der Waals surface area contributed by atoms with Crippen molar-refractivity contribution >= 4 is 22.4 Å². The molecule has 0 fully saturated rings. The van der Waals surface area contributed by atoms with E-state index in [2.05, 4.69) is 15.2 Å². The van der Waals surface area contributed by atoms with Crippen LogP contribution in [-0.4, -0.2) is 20.1 Å². The summed E-state index contributed by atoms with van der Waals surface area (Å²) in [6, 6.07) is 6.43. The van der Waals surface area contributed by atoms with Crippen LogP contribution in [0, 0.1) is 17.0 Å². The van der Waals surface area contributed by atoms with Crippen LogP contribution >= 0.6 is 0 Å². The molecule has 100 valence electrons. The second-order valence-corrected chi connectivity index (χ2v) is 4.44. The number of nitrogens with one attached hydrogen (secondary N) is 1. The average molecular weight is 269 g/mol. The molecule has 3 N–H and O–H groups in total. The Hall–Kier alpha value is -2.96. The second-order valence-electron chi connectivity index (χ2n) is 4.44. The van der Waals surface area contributed by atoms with Crippen molar-refractivity contribution in [2.24, 2.45) is 0 Å². The van der Waals surface area contributed by atoms with E-state index >= 15 is 0 Å². The number of fused-ring (bicyclic) bond motifs is 1. The molecule has 0 amide bonds. The largest absolute Gasteiger partial charge is 0.398 e. The molecule has 0 aliphatic heterocycles. The topological polar surface area (TPSA) is 111 Å². The number of nitro groups is 1. The van der Waals surface area contributed by atoms with E-state index in [4.69, 9.17) is 5.73 Å². The number of nitrogens with zero attached hydrogens (tertiary/aromatic N) is 3. The first kappa shape index (κ1) is 12.1. The van der Waals surface area contributed by atoms with Crippen LogP contribution in [0.3, 0.4) is 0 Å². The monoisotopic (exact) mass is 269 g/mol. The molecule has 0 aliphatic rings. The Morgan fingerprint density at radius 1 is 1.40 bits per heavy atom. The Balaban J connectivity index is 2.30. The van der Waals surface area contributed by atoms with Gasteiger partial charge in [-0.15, -0.1) is 0 Å². The van der Waals surface area contributed by atoms with Crippen molar-refractivity contribution in [3.05, 3.63) is 46.3 Å². The number of H-pyrrole nitrogens is 1. The summed E-state index contributed by atoms with van der Waals surface area (Å²) in [5.41, 5.74) is 8.62. The van der Waals surface area contributed by atoms with Gasteiger partial charge in [0.2, 0.25) is 0 Å². The molecule has 3 rings (SSSR count). The summed E-state index contributed by atoms with van der Waals surface area (Å²) >= 11 is 0. The van der Waals surface area contributed by atoms with Gasteiger partial charge in [0.25, 0.3) is 5.69 Å². The zero-order valence-corrected chi connectivity index (χ0v) is 10.6. The molecule has 0 saturated heterocycles. The zero-order chi connectivity index (χ0) is 14.3. The summed E-state index contributed by atoms with van der Waals surface area (Å²) < 4.78 is 0. The number of nitrogens with two attached hydrogens (primary N) is 1. The molecule has 7 nitrogen and oxygen atoms in total. The number of aromatic amines is 1. The SMILES string of the molecule is Cc1[nH]nc2ncc(-c3c(N)cccc3[N+](=O)[O-])cc12. The average Bonchev–Trinajstić information content (AvgIpc) is 2.79. The normalized spacial score (nSPS) is 10.8. The van der Waals surface area contributed by atoms with Gasteiger partial charge in [-0.3, -0.25) is 15.2 Å². The van der Waals surface area contributed by atoms with Gasteiger partial charge in [0.05, 0.1) is 10.5 Å². The number of hydrogen-bond donors (Lipinski definition) is 2. The van der Waals surface area contributed by atoms with Gasteiger partial charge >= 0.3 is 0 Å². The highest BCUT2D eigenvalue weighted by molar-refractivity contribution is 5.89. The number of anilines is 1. The molecule has 0 aliphatic carbocycles. The minimum absolute atomic E-state index is 0.0349. The number of aryl methyl sites for hydroxylation is 1. The first-order valence-corrected chi connectivity index (χ1v) is 5.92. The lowest BCUT2D eigenvalue weighted by molar-refractivity contribution is -0.384. The Bertz CT molecular complexity index is 825. The maximum atomic E-state index is 11.1. The highest BCUT2D eigenvalue weighted by Crippen LogP contribution is 2.35. The smallest absolute Gasteiger partial charge is 0.279 e. The van der Waals surface area contributed by atoms with Gasteiger partial charge in [0.15, 0.2) is 5.65 Å². The third-order valence-electron chi connectivity index (χ3n) is 3.16. The summed E-state index contributed by atoms with van der Waals surface area (Å²) in [4.78, 5) is 14.9. The minimum Gasteiger partial charge on any atom is -0.398 e. The van der Waals surface area contributed by atoms with Crippen LogP contribution in [0.2, 0.25) is 0 Å². The molecule has 0 spiro atoms. The fourth-order valence-corrected chi connectivity index (χ4v) is 2.18. The lowest BCUT2D eigenvalue weighted by Crippen LogP contribution is -1.97. The molecule has 3 aromatic rings. The molecule has 1 aromatic carbocycles. The third-order valence-corrected chi connectivity index (χ3v) is 3.16. The number of rotatable bonds is 2. The second kappa shape index (κ2) is 4.30. The highest BCUT2D eigenvalue weighted by Gasteiger charge is 2.19. The first-order valence-electron chi connectivity index (χ1n) is 5.92. The summed E-state index contributed by atoms with van der Waals surface area (Å²) in [6.07, 6.45) is 1.54. The van der Waals surface area contributed by atoms with Crippen molar-refractivity contribution in [1.29, 1.82) is 0 Å². The van der Waals surface area contributed by atoms with E-state index in [1.165, 1.54) is 6.07 Å². The number of pyridine rings is 1. The highest BCUT2D eigenvalue weighted by atomic mass is 16.6. The first-order chi connectivity index (χ1) is 9.58. The summed E-state index contributed by atoms with van der Waals surface area (Å²) in [5.74, 6) is 0. The summed E-state index contributed by atoms with van der Waals surface area (Å²) in [7, 11) is 0. The van der Waals surface area contributed by atoms with E-state index in [9.17, 15) is 10.1 Å². The number of aromatic nitrogens is 3. The van der Waals surface area contributed by atoms with Gasteiger partial charge in [-0.1, -0.05) is 6.07 Å². The van der Waals surface area contributed by atoms with Crippen molar-refractivity contribution in [2.75, 3.05) is 5.73 Å². The zero-order valence-electron chi connectivity index (χ0n) is 10.6. The van der Waals surface area contributed by atoms with Crippen LogP contribution in [0.5, 0.6) is 0 Å². The van der Waals surface area contributed by atoms with Crippen molar-refractivity contribution in [1.82, 2.24) is 15.2 Å². The van der Waals surface area contributed by atoms with Crippen LogP contribution < -0.4 is 5.73 Å². The lowest BCUT2D eigenvalue weighted by atomic mass is 10.0. The summed E-state index contributed by atoms with van der Waals surface area (Å²) in [6.45, 7) is 1.86. The lowest BCUT2D eigenvalue weighted by Gasteiger charge is -2.06. The van der Waals surface area contributed by atoms with Crippen LogP contribution in [0.4, 0.5) is 11.4 Å². The molecule has 0 unspecified atom stereocenters. The van der Waals surface area contributed by atoms with Crippen LogP contribution in [-0.2, 0) is 0 Å². The van der Waals surface area contributed by atoms with E-state index in [-0.39, 0.29) is 5.69 Å². The van der Waals surface area contributed by atoms with Crippen molar-refractivity contribution < 1.29 is 4.92 Å². The molecule has 20 heavy (non-hydrogen) atoms. The van der Waals surface area contributed by atoms with Gasteiger partial charge in [-0.05, 0) is 19.1 Å². The Morgan fingerprint density at radius 3 is 2.95 bits per heavy atom. The number of nitro benzene ring substituents is 1. The Kier molecular flexibility index (Phi) is 2.60. The predicted molar refractivity (Wildman–Crippen MR) is 75.1 cm³/mol. The van der Waals surface area contributed by atoms with Gasteiger partial charge < -0.3 is 5.73 Å². The van der Waals surface area contributed by atoms with Crippen molar-refractivity contribution in [3.63, 3.8) is 0 Å². The fraction of sp³-hybridized carbons (Fsp3) is 0.0769. The number of nitrogen functional groups attached to an aromatic ring is 1. The molecule has 7 heteroatoms. The van der Waals surface area contributed by atoms with Gasteiger partial charge in [-0.2, -0.15) is 5.10 Å².